The van der Waals surface area contributed by atoms with Crippen LogP contribution in [0.3, 0.4) is 0 Å². The van der Waals surface area contributed by atoms with Gasteiger partial charge < -0.3 is 15.2 Å². The van der Waals surface area contributed by atoms with Gasteiger partial charge in [-0.1, -0.05) is 15.9 Å². The lowest BCUT2D eigenvalue weighted by Crippen LogP contribution is -2.49. The van der Waals surface area contributed by atoms with Gasteiger partial charge in [-0.3, -0.25) is 14.5 Å². The van der Waals surface area contributed by atoms with Gasteiger partial charge in [-0.2, -0.15) is 0 Å². The molecule has 2 N–H and O–H groups in total. The predicted octanol–water partition coefficient (Wildman–Crippen LogP) is 0.713. The number of anilines is 1. The summed E-state index contributed by atoms with van der Waals surface area (Å²) in [4.78, 5) is 35.6. The van der Waals surface area contributed by atoms with Gasteiger partial charge in [-0.05, 0) is 18.2 Å². The summed E-state index contributed by atoms with van der Waals surface area (Å²) in [7, 11) is 0. The SMILES string of the molecule is O=C(CN1C(=O)COc2cc(Br)ccc21)NC(CF)C(=O)O. The molecule has 0 bridgehead atoms. The molecule has 1 aromatic carbocycles. The zero-order chi connectivity index (χ0) is 16.3. The molecule has 2 amide bonds. The summed E-state index contributed by atoms with van der Waals surface area (Å²) in [6, 6.07) is 3.28. The summed E-state index contributed by atoms with van der Waals surface area (Å²) >= 11 is 3.26. The number of ether oxygens (including phenoxy) is 1. The Balaban J connectivity index is 2.14. The van der Waals surface area contributed by atoms with Gasteiger partial charge in [-0.25, -0.2) is 9.18 Å². The first-order valence-electron chi connectivity index (χ1n) is 6.23. The molecule has 22 heavy (non-hydrogen) atoms. The van der Waals surface area contributed by atoms with Crippen molar-refractivity contribution in [3.05, 3.63) is 22.7 Å². The second kappa shape index (κ2) is 6.73. The van der Waals surface area contributed by atoms with E-state index in [4.69, 9.17) is 9.84 Å². The Kier molecular flexibility index (Phi) is 4.96. The number of fused-ring (bicyclic) bond motifs is 1. The number of alkyl halides is 1. The quantitative estimate of drug-likeness (QED) is 0.791. The molecule has 0 spiro atoms. The first kappa shape index (κ1) is 16.2. The molecule has 0 saturated carbocycles. The lowest BCUT2D eigenvalue weighted by molar-refractivity contribution is -0.142. The van der Waals surface area contributed by atoms with Gasteiger partial charge in [-0.15, -0.1) is 0 Å². The molecular formula is C13H12BrFN2O5. The number of amides is 2. The fraction of sp³-hybridized carbons (Fsp3) is 0.308. The average molecular weight is 375 g/mol. The number of hydrogen-bond acceptors (Lipinski definition) is 4. The Labute approximate surface area is 133 Å². The van der Waals surface area contributed by atoms with Crippen molar-refractivity contribution in [3.8, 4) is 5.75 Å². The van der Waals surface area contributed by atoms with Crippen LogP contribution in [-0.4, -0.2) is 48.8 Å². The predicted molar refractivity (Wildman–Crippen MR) is 77.5 cm³/mol. The summed E-state index contributed by atoms with van der Waals surface area (Å²) < 4.78 is 18.5. The second-order valence-electron chi connectivity index (χ2n) is 4.49. The van der Waals surface area contributed by atoms with E-state index in [0.29, 0.717) is 11.4 Å². The van der Waals surface area contributed by atoms with Crippen molar-refractivity contribution >= 4 is 39.4 Å². The number of carboxylic acids is 1. The number of benzene rings is 1. The number of rotatable bonds is 5. The van der Waals surface area contributed by atoms with Gasteiger partial charge in [0.05, 0.1) is 5.69 Å². The van der Waals surface area contributed by atoms with Crippen LogP contribution >= 0.6 is 15.9 Å². The van der Waals surface area contributed by atoms with Gasteiger partial charge in [0.1, 0.15) is 19.0 Å². The minimum atomic E-state index is -1.63. The summed E-state index contributed by atoms with van der Waals surface area (Å²) in [5.74, 6) is -2.28. The molecule has 1 aliphatic rings. The lowest BCUT2D eigenvalue weighted by Gasteiger charge is -2.29. The summed E-state index contributed by atoms with van der Waals surface area (Å²) in [6.45, 7) is -1.88. The van der Waals surface area contributed by atoms with Crippen molar-refractivity contribution in [1.29, 1.82) is 0 Å². The number of carboxylic acid groups (broad SMARTS) is 1. The first-order valence-corrected chi connectivity index (χ1v) is 7.02. The Hall–Kier alpha value is -2.16. The summed E-state index contributed by atoms with van der Waals surface area (Å²) in [5, 5.41) is 10.7. The van der Waals surface area contributed by atoms with E-state index in [1.165, 1.54) is 0 Å². The highest BCUT2D eigenvalue weighted by molar-refractivity contribution is 9.10. The molecule has 1 atom stereocenters. The topological polar surface area (TPSA) is 95.9 Å². The van der Waals surface area contributed by atoms with Gasteiger partial charge in [0.25, 0.3) is 5.91 Å². The van der Waals surface area contributed by atoms with Crippen LogP contribution in [-0.2, 0) is 14.4 Å². The van der Waals surface area contributed by atoms with Crippen LogP contribution in [0.1, 0.15) is 0 Å². The van der Waals surface area contributed by atoms with Crippen molar-refractivity contribution in [2.45, 2.75) is 6.04 Å². The zero-order valence-corrected chi connectivity index (χ0v) is 12.8. The van der Waals surface area contributed by atoms with Gasteiger partial charge in [0.2, 0.25) is 5.91 Å². The largest absolute Gasteiger partial charge is 0.482 e. The van der Waals surface area contributed by atoms with Crippen LogP contribution in [0.15, 0.2) is 22.7 Å². The molecule has 118 valence electrons. The third-order valence-corrected chi connectivity index (χ3v) is 3.45. The van der Waals surface area contributed by atoms with E-state index in [9.17, 15) is 18.8 Å². The van der Waals surface area contributed by atoms with Crippen LogP contribution in [0, 0.1) is 0 Å². The molecule has 1 heterocycles. The number of carbonyl (C=O) groups excluding carboxylic acids is 2. The van der Waals surface area contributed by atoms with Gasteiger partial charge in [0, 0.05) is 4.47 Å². The summed E-state index contributed by atoms with van der Waals surface area (Å²) in [6.07, 6.45) is 0. The summed E-state index contributed by atoms with van der Waals surface area (Å²) in [5.41, 5.74) is 0.390. The number of halogens is 2. The van der Waals surface area contributed by atoms with Crippen LogP contribution in [0.4, 0.5) is 10.1 Å². The number of nitrogens with zero attached hydrogens (tertiary/aromatic N) is 1. The van der Waals surface area contributed by atoms with Crippen molar-refractivity contribution in [1.82, 2.24) is 5.32 Å². The normalized spacial score (nSPS) is 14.8. The highest BCUT2D eigenvalue weighted by Crippen LogP contribution is 2.34. The van der Waals surface area contributed by atoms with Crippen LogP contribution in [0.25, 0.3) is 0 Å². The monoisotopic (exact) mass is 374 g/mol. The third-order valence-electron chi connectivity index (χ3n) is 2.95. The van der Waals surface area contributed by atoms with Crippen LogP contribution < -0.4 is 15.0 Å². The van der Waals surface area contributed by atoms with E-state index in [2.05, 4.69) is 15.9 Å². The van der Waals surface area contributed by atoms with Crippen molar-refractivity contribution in [2.24, 2.45) is 0 Å². The van der Waals surface area contributed by atoms with Crippen molar-refractivity contribution in [3.63, 3.8) is 0 Å². The Morgan fingerprint density at radius 1 is 1.50 bits per heavy atom. The molecule has 1 aliphatic heterocycles. The molecule has 1 unspecified atom stereocenters. The van der Waals surface area contributed by atoms with Gasteiger partial charge >= 0.3 is 5.97 Å². The fourth-order valence-electron chi connectivity index (χ4n) is 1.90. The molecule has 0 saturated heterocycles. The highest BCUT2D eigenvalue weighted by atomic mass is 79.9. The molecule has 0 fully saturated rings. The number of carbonyl (C=O) groups is 3. The fourth-order valence-corrected chi connectivity index (χ4v) is 2.24. The molecule has 7 nitrogen and oxygen atoms in total. The van der Waals surface area contributed by atoms with Crippen LogP contribution in [0.2, 0.25) is 0 Å². The standard InChI is InChI=1S/C13H12BrFN2O5/c14-7-1-2-9-10(3-7)22-6-12(19)17(9)5-11(18)16-8(4-15)13(20)21/h1-3,8H,4-6H2,(H,16,18)(H,20,21). The zero-order valence-electron chi connectivity index (χ0n) is 11.2. The number of hydrogen-bond donors (Lipinski definition) is 2. The van der Waals surface area contributed by atoms with E-state index in [1.54, 1.807) is 18.2 Å². The Morgan fingerprint density at radius 2 is 2.23 bits per heavy atom. The molecule has 1 aromatic rings. The number of aliphatic carboxylic acids is 1. The Bertz CT molecular complexity index is 624. The smallest absolute Gasteiger partial charge is 0.328 e. The average Bonchev–Trinajstić information content (AvgIpc) is 2.47. The number of nitrogens with one attached hydrogen (secondary N) is 1. The van der Waals surface area contributed by atoms with Crippen molar-refractivity contribution < 1.29 is 28.6 Å². The van der Waals surface area contributed by atoms with E-state index < -0.39 is 37.0 Å². The van der Waals surface area contributed by atoms with Crippen molar-refractivity contribution in [2.75, 3.05) is 24.7 Å². The molecule has 9 heteroatoms. The molecule has 0 aromatic heterocycles. The lowest BCUT2D eigenvalue weighted by atomic mass is 10.2. The van der Waals surface area contributed by atoms with E-state index in [0.717, 1.165) is 9.37 Å². The molecule has 0 aliphatic carbocycles. The van der Waals surface area contributed by atoms with E-state index in [1.807, 2.05) is 5.32 Å². The minimum Gasteiger partial charge on any atom is -0.482 e. The first-order chi connectivity index (χ1) is 10.4. The maximum atomic E-state index is 12.5. The maximum absolute atomic E-state index is 12.5. The minimum absolute atomic E-state index is 0.234. The van der Waals surface area contributed by atoms with Gasteiger partial charge in [0.15, 0.2) is 12.6 Å². The highest BCUT2D eigenvalue weighted by Gasteiger charge is 2.29. The molecular weight excluding hydrogens is 363 g/mol. The maximum Gasteiger partial charge on any atom is 0.328 e. The molecule has 0 radical (unpaired) electrons. The Morgan fingerprint density at radius 3 is 2.86 bits per heavy atom. The van der Waals surface area contributed by atoms with E-state index in [-0.39, 0.29) is 6.61 Å². The third kappa shape index (κ3) is 3.53. The molecule has 2 rings (SSSR count). The van der Waals surface area contributed by atoms with E-state index >= 15 is 0 Å². The second-order valence-corrected chi connectivity index (χ2v) is 5.41. The van der Waals surface area contributed by atoms with Crippen LogP contribution in [0.5, 0.6) is 5.75 Å².